The average Bonchev–Trinajstić information content (AvgIpc) is 2.67. The van der Waals surface area contributed by atoms with Crippen LogP contribution in [0, 0.1) is 0 Å². The van der Waals surface area contributed by atoms with Crippen LogP contribution >= 0.6 is 24.0 Å². The van der Waals surface area contributed by atoms with Crippen LogP contribution in [0.3, 0.4) is 0 Å². The Morgan fingerprint density at radius 1 is 1.21 bits per heavy atom. The molecule has 0 unspecified atom stereocenters. The van der Waals surface area contributed by atoms with Crippen molar-refractivity contribution in [2.75, 3.05) is 32.4 Å². The molecule has 28 heavy (non-hydrogen) atoms. The molecule has 0 aliphatic carbocycles. The summed E-state index contributed by atoms with van der Waals surface area (Å²) < 4.78 is 26.9. The van der Waals surface area contributed by atoms with Gasteiger partial charge in [-0.15, -0.1) is 24.0 Å². The van der Waals surface area contributed by atoms with Gasteiger partial charge in [0.15, 0.2) is 5.96 Å². The van der Waals surface area contributed by atoms with E-state index in [1.54, 1.807) is 7.05 Å². The Morgan fingerprint density at radius 2 is 1.86 bits per heavy atom. The number of hydrogen-bond acceptors (Lipinski definition) is 4. The van der Waals surface area contributed by atoms with Crippen molar-refractivity contribution in [2.45, 2.75) is 45.3 Å². The zero-order chi connectivity index (χ0) is 19.7. The van der Waals surface area contributed by atoms with Gasteiger partial charge in [0, 0.05) is 45.3 Å². The van der Waals surface area contributed by atoms with Crippen LogP contribution in [0.1, 0.15) is 32.3 Å². The third-order valence-corrected chi connectivity index (χ3v) is 6.15. The Hall–Kier alpha value is -0.910. The number of piperidine rings is 1. The van der Waals surface area contributed by atoms with Gasteiger partial charge in [0.2, 0.25) is 10.0 Å². The molecular weight excluding hydrogens is 489 g/mol. The van der Waals surface area contributed by atoms with Crippen LogP contribution in [0.2, 0.25) is 0 Å². The Balaban J connectivity index is 0.00000392. The summed E-state index contributed by atoms with van der Waals surface area (Å²) in [5.74, 6) is 0.669. The summed E-state index contributed by atoms with van der Waals surface area (Å²) in [6, 6.07) is 10.5. The molecule has 1 fully saturated rings. The van der Waals surface area contributed by atoms with Gasteiger partial charge in [-0.05, 0) is 32.3 Å². The van der Waals surface area contributed by atoms with Gasteiger partial charge in [-0.3, -0.25) is 4.99 Å². The zero-order valence-corrected chi connectivity index (χ0v) is 20.2. The van der Waals surface area contributed by atoms with Crippen molar-refractivity contribution in [1.82, 2.24) is 20.3 Å². The van der Waals surface area contributed by atoms with Crippen molar-refractivity contribution >= 4 is 40.0 Å². The minimum Gasteiger partial charge on any atom is -0.355 e. The highest BCUT2D eigenvalue weighted by atomic mass is 127. The predicted molar refractivity (Wildman–Crippen MR) is 127 cm³/mol. The highest BCUT2D eigenvalue weighted by Gasteiger charge is 2.21. The summed E-state index contributed by atoms with van der Waals surface area (Å²) in [5, 5.41) is 6.52. The van der Waals surface area contributed by atoms with Crippen molar-refractivity contribution in [1.29, 1.82) is 0 Å². The minimum atomic E-state index is -3.34. The molecule has 160 valence electrons. The maximum atomic E-state index is 12.1. The van der Waals surface area contributed by atoms with Crippen molar-refractivity contribution in [3.05, 3.63) is 35.9 Å². The maximum absolute atomic E-state index is 12.1. The summed E-state index contributed by atoms with van der Waals surface area (Å²) in [6.07, 6.45) is 2.13. The van der Waals surface area contributed by atoms with E-state index >= 15 is 0 Å². The number of benzene rings is 1. The highest BCUT2D eigenvalue weighted by molar-refractivity contribution is 14.0. The lowest BCUT2D eigenvalue weighted by Crippen LogP contribution is -2.50. The van der Waals surface area contributed by atoms with E-state index in [2.05, 4.69) is 39.1 Å². The van der Waals surface area contributed by atoms with Crippen molar-refractivity contribution in [3.63, 3.8) is 0 Å². The van der Waals surface area contributed by atoms with E-state index in [1.807, 2.05) is 30.3 Å². The van der Waals surface area contributed by atoms with Crippen LogP contribution in [-0.2, 0) is 16.6 Å². The number of rotatable bonds is 8. The van der Waals surface area contributed by atoms with Gasteiger partial charge >= 0.3 is 0 Å². The smallest absolute Gasteiger partial charge is 0.213 e. The molecule has 0 amide bonds. The van der Waals surface area contributed by atoms with Crippen LogP contribution in [0.5, 0.6) is 0 Å². The van der Waals surface area contributed by atoms with E-state index in [9.17, 15) is 8.42 Å². The van der Waals surface area contributed by atoms with Crippen molar-refractivity contribution in [2.24, 2.45) is 4.99 Å². The minimum absolute atomic E-state index is 0. The molecule has 0 radical (unpaired) electrons. The van der Waals surface area contributed by atoms with Gasteiger partial charge in [-0.25, -0.2) is 13.1 Å². The fraction of sp³-hybridized carbons (Fsp3) is 0.632. The molecule has 3 N–H and O–H groups in total. The molecule has 0 saturated carbocycles. The Morgan fingerprint density at radius 3 is 2.43 bits per heavy atom. The van der Waals surface area contributed by atoms with E-state index in [0.29, 0.717) is 31.1 Å². The lowest BCUT2D eigenvalue weighted by molar-refractivity contribution is 0.167. The molecule has 1 aliphatic rings. The Kier molecular flexibility index (Phi) is 11.3. The first kappa shape index (κ1) is 25.1. The molecule has 0 aromatic heterocycles. The van der Waals surface area contributed by atoms with Crippen LogP contribution in [0.25, 0.3) is 0 Å². The average molecular weight is 523 g/mol. The fourth-order valence-corrected chi connectivity index (χ4v) is 4.02. The normalized spacial score (nSPS) is 16.6. The van der Waals surface area contributed by atoms with Gasteiger partial charge in [-0.1, -0.05) is 30.3 Å². The summed E-state index contributed by atoms with van der Waals surface area (Å²) >= 11 is 0. The summed E-state index contributed by atoms with van der Waals surface area (Å²) in [4.78, 5) is 6.69. The highest BCUT2D eigenvalue weighted by Crippen LogP contribution is 2.12. The Bertz CT molecular complexity index is 690. The number of guanidine groups is 1. The van der Waals surface area contributed by atoms with Crippen molar-refractivity contribution < 1.29 is 8.42 Å². The van der Waals surface area contributed by atoms with E-state index < -0.39 is 10.0 Å². The molecule has 0 spiro atoms. The van der Waals surface area contributed by atoms with Gasteiger partial charge in [0.05, 0.1) is 5.75 Å². The number of hydrogen-bond donors (Lipinski definition) is 3. The first-order valence-corrected chi connectivity index (χ1v) is 11.3. The quantitative estimate of drug-likeness (QED) is 0.275. The molecule has 2 rings (SSSR count). The van der Waals surface area contributed by atoms with Gasteiger partial charge < -0.3 is 15.5 Å². The molecule has 9 heteroatoms. The number of sulfonamides is 1. The zero-order valence-electron chi connectivity index (χ0n) is 17.0. The standard InChI is InChI=1S/C19H33N5O2S.HI/c1-16(2)24-12-9-18(10-13-24)23-19(20-3)21-11-14-27(25,26)22-15-17-7-5-4-6-8-17;/h4-8,16,18,22H,9-15H2,1-3H3,(H2,20,21,23);1H. The van der Waals surface area contributed by atoms with Crippen LogP contribution < -0.4 is 15.4 Å². The molecule has 0 bridgehead atoms. The first-order valence-electron chi connectivity index (χ1n) is 9.62. The molecule has 1 heterocycles. The number of likely N-dealkylation sites (tertiary alicyclic amines) is 1. The molecule has 1 saturated heterocycles. The number of aliphatic imine (C=N–C) groups is 1. The van der Waals surface area contributed by atoms with E-state index in [-0.39, 0.29) is 29.7 Å². The Labute approximate surface area is 186 Å². The third-order valence-electron chi connectivity index (χ3n) is 4.83. The number of halogens is 1. The van der Waals surface area contributed by atoms with Crippen LogP contribution in [0.15, 0.2) is 35.3 Å². The molecular formula is C19H34IN5O2S. The van der Waals surface area contributed by atoms with Crippen LogP contribution in [0.4, 0.5) is 0 Å². The predicted octanol–water partition coefficient (Wildman–Crippen LogP) is 1.76. The monoisotopic (exact) mass is 523 g/mol. The molecule has 7 nitrogen and oxygen atoms in total. The molecule has 1 aliphatic heterocycles. The van der Waals surface area contributed by atoms with E-state index in [0.717, 1.165) is 31.5 Å². The summed E-state index contributed by atoms with van der Waals surface area (Å²) in [6.45, 7) is 7.22. The second-order valence-electron chi connectivity index (χ2n) is 7.17. The second-order valence-corrected chi connectivity index (χ2v) is 9.10. The summed E-state index contributed by atoms with van der Waals surface area (Å²) in [5.41, 5.74) is 0.944. The maximum Gasteiger partial charge on any atom is 0.213 e. The second kappa shape index (κ2) is 12.6. The topological polar surface area (TPSA) is 85.8 Å². The molecule has 1 aromatic rings. The van der Waals surface area contributed by atoms with Crippen LogP contribution in [-0.4, -0.2) is 63.8 Å². The first-order chi connectivity index (χ1) is 12.9. The largest absolute Gasteiger partial charge is 0.355 e. The lowest BCUT2D eigenvalue weighted by atomic mass is 10.0. The van der Waals surface area contributed by atoms with Crippen molar-refractivity contribution in [3.8, 4) is 0 Å². The van der Waals surface area contributed by atoms with Gasteiger partial charge in [0.1, 0.15) is 0 Å². The fourth-order valence-electron chi connectivity index (χ4n) is 3.11. The van der Waals surface area contributed by atoms with Gasteiger partial charge in [0.25, 0.3) is 0 Å². The summed E-state index contributed by atoms with van der Waals surface area (Å²) in [7, 11) is -1.63. The number of nitrogens with one attached hydrogen (secondary N) is 3. The number of nitrogens with zero attached hydrogens (tertiary/aromatic N) is 2. The molecule has 1 aromatic carbocycles. The van der Waals surface area contributed by atoms with E-state index in [4.69, 9.17) is 0 Å². The molecule has 0 atom stereocenters. The van der Waals surface area contributed by atoms with Gasteiger partial charge in [-0.2, -0.15) is 0 Å². The SMILES string of the molecule is CN=C(NCCS(=O)(=O)NCc1ccccc1)NC1CCN(C(C)C)CC1.I. The van der Waals surface area contributed by atoms with E-state index in [1.165, 1.54) is 0 Å². The third kappa shape index (κ3) is 9.06. The lowest BCUT2D eigenvalue weighted by Gasteiger charge is -2.35.